The summed E-state index contributed by atoms with van der Waals surface area (Å²) in [6.45, 7) is 6.76. The number of unbranched alkanes of at least 4 members (excludes halogenated alkanes) is 26. The van der Waals surface area contributed by atoms with E-state index in [9.17, 15) is 19.0 Å². The summed E-state index contributed by atoms with van der Waals surface area (Å²) in [4.78, 5) is 39.6. The Morgan fingerprint density at radius 2 is 0.954 bits per heavy atom. The monoisotopic (exact) mass is 935 g/mol. The molecule has 0 aromatic rings. The Kier molecular flexibility index (Phi) is 44.3. The van der Waals surface area contributed by atoms with Crippen LogP contribution in [-0.2, 0) is 27.9 Å². The van der Waals surface area contributed by atoms with Crippen LogP contribution in [0.4, 0.5) is 0 Å². The van der Waals surface area contributed by atoms with Crippen molar-refractivity contribution in [2.75, 3.05) is 40.9 Å². The maximum atomic E-state index is 13.4. The van der Waals surface area contributed by atoms with Crippen molar-refractivity contribution < 1.29 is 37.3 Å². The van der Waals surface area contributed by atoms with Crippen molar-refractivity contribution in [2.45, 2.75) is 251 Å². The van der Waals surface area contributed by atoms with Crippen LogP contribution in [0.15, 0.2) is 48.6 Å². The van der Waals surface area contributed by atoms with E-state index in [1.807, 2.05) is 33.3 Å². The van der Waals surface area contributed by atoms with Crippen LogP contribution in [-0.4, -0.2) is 69.4 Å². The van der Waals surface area contributed by atoms with Crippen molar-refractivity contribution in [2.24, 2.45) is 0 Å². The number of esters is 1. The summed E-state index contributed by atoms with van der Waals surface area (Å²) in [6.07, 6.45) is 53.7. The zero-order valence-corrected chi connectivity index (χ0v) is 44.1. The molecule has 380 valence electrons. The lowest BCUT2D eigenvalue weighted by molar-refractivity contribution is -0.870. The Labute approximate surface area is 401 Å². The normalized spacial score (nSPS) is 14.3. The number of nitrogens with zero attached hydrogens (tertiary/aromatic N) is 1. The Bertz CT molecular complexity index is 1260. The van der Waals surface area contributed by atoms with E-state index in [0.29, 0.717) is 23.9 Å². The maximum Gasteiger partial charge on any atom is 0.306 e. The molecule has 0 radical (unpaired) electrons. The summed E-state index contributed by atoms with van der Waals surface area (Å²) in [7, 11) is 1.16. The molecule has 3 atom stereocenters. The molecule has 0 aliphatic heterocycles. The number of ether oxygens (including phenoxy) is 1. The molecule has 9 nitrogen and oxygen atoms in total. The molecule has 10 heteroatoms. The number of hydrogen-bond donors (Lipinski definition) is 1. The summed E-state index contributed by atoms with van der Waals surface area (Å²) in [5.74, 6) is -0.624. The standard InChI is InChI=1S/C55H103N2O7P/c1-7-10-13-16-19-22-25-27-28-30-32-35-38-41-44-47-54(58)56-52(51-63-65(60,61)62-50-49-57(4,5)6)53(46-43-40-37-34-31-24-21-18-15-12-9-3)64-55(59)48-45-42-39-36-33-29-26-23-20-17-14-11-8-2/h22,25,29,33,39,42-43,46,52-53H,7-21,23-24,26-28,30-32,34-38,40-41,44-45,47-51H2,1-6H3,(H-,56,58,60,61)/b25-22-,33-29-,42-39+,46-43+. The molecule has 0 aromatic heterocycles. The van der Waals surface area contributed by atoms with Crippen molar-refractivity contribution >= 4 is 19.7 Å². The minimum absolute atomic E-state index is 0.0307. The zero-order chi connectivity index (χ0) is 48.0. The molecule has 0 bridgehead atoms. The number of carbonyl (C=O) groups excluding carboxylic acids is 2. The van der Waals surface area contributed by atoms with Gasteiger partial charge in [0.25, 0.3) is 7.82 Å². The molecule has 0 saturated heterocycles. The maximum absolute atomic E-state index is 13.4. The third-order valence-electron chi connectivity index (χ3n) is 11.7. The quantitative estimate of drug-likeness (QED) is 0.0212. The highest BCUT2D eigenvalue weighted by atomic mass is 31.2. The van der Waals surface area contributed by atoms with Crippen molar-refractivity contribution in [3.63, 3.8) is 0 Å². The Balaban J connectivity index is 5.46. The lowest BCUT2D eigenvalue weighted by Gasteiger charge is -2.30. The van der Waals surface area contributed by atoms with E-state index in [-0.39, 0.29) is 18.9 Å². The Morgan fingerprint density at radius 1 is 0.538 bits per heavy atom. The number of allylic oxidation sites excluding steroid dienone is 7. The van der Waals surface area contributed by atoms with Crippen LogP contribution in [0, 0.1) is 0 Å². The van der Waals surface area contributed by atoms with E-state index in [0.717, 1.165) is 64.2 Å². The second-order valence-corrected chi connectivity index (χ2v) is 20.8. The first-order valence-corrected chi connectivity index (χ1v) is 28.4. The number of phosphoric ester groups is 1. The van der Waals surface area contributed by atoms with Gasteiger partial charge in [0.05, 0.1) is 33.8 Å². The number of amides is 1. The van der Waals surface area contributed by atoms with Crippen LogP contribution in [0.2, 0.25) is 0 Å². The van der Waals surface area contributed by atoms with Crippen molar-refractivity contribution in [3.8, 4) is 0 Å². The summed E-state index contributed by atoms with van der Waals surface area (Å²) in [5.41, 5.74) is 0. The van der Waals surface area contributed by atoms with Gasteiger partial charge in [-0.1, -0.05) is 198 Å². The molecular weight excluding hydrogens is 832 g/mol. The number of quaternary nitrogens is 1. The predicted octanol–water partition coefficient (Wildman–Crippen LogP) is 15.1. The number of carbonyl (C=O) groups is 2. The smallest absolute Gasteiger partial charge is 0.306 e. The van der Waals surface area contributed by atoms with Gasteiger partial charge in [-0.05, 0) is 76.7 Å². The highest BCUT2D eigenvalue weighted by molar-refractivity contribution is 7.45. The fourth-order valence-electron chi connectivity index (χ4n) is 7.51. The molecule has 0 rings (SSSR count). The SMILES string of the molecule is CCCCCC/C=C\CCCCCCCCCC(=O)NC(COP(=O)([O-])OCC[N+](C)(C)C)C(/C=C/CCCCCCCCCCC)OC(=O)CC/C=C/C/C=C\CCCCCCCC. The van der Waals surface area contributed by atoms with Crippen LogP contribution in [0.3, 0.4) is 0 Å². The van der Waals surface area contributed by atoms with Gasteiger partial charge in [0, 0.05) is 12.8 Å². The van der Waals surface area contributed by atoms with E-state index in [1.165, 1.54) is 135 Å². The van der Waals surface area contributed by atoms with E-state index in [1.54, 1.807) is 6.08 Å². The average Bonchev–Trinajstić information content (AvgIpc) is 3.26. The van der Waals surface area contributed by atoms with Gasteiger partial charge in [-0.2, -0.15) is 0 Å². The highest BCUT2D eigenvalue weighted by Gasteiger charge is 2.27. The molecule has 3 unspecified atom stereocenters. The predicted molar refractivity (Wildman–Crippen MR) is 275 cm³/mol. The van der Waals surface area contributed by atoms with Gasteiger partial charge in [0.15, 0.2) is 0 Å². The van der Waals surface area contributed by atoms with Gasteiger partial charge < -0.3 is 28.5 Å². The minimum atomic E-state index is -4.70. The first kappa shape index (κ1) is 63.0. The lowest BCUT2D eigenvalue weighted by atomic mass is 10.1. The third kappa shape index (κ3) is 46.9. The van der Waals surface area contributed by atoms with Gasteiger partial charge in [-0.25, -0.2) is 0 Å². The third-order valence-corrected chi connectivity index (χ3v) is 12.7. The summed E-state index contributed by atoms with van der Waals surface area (Å²) >= 11 is 0. The van der Waals surface area contributed by atoms with Crippen molar-refractivity contribution in [1.29, 1.82) is 0 Å². The number of likely N-dealkylation sites (N-methyl/N-ethyl adjacent to an activating group) is 1. The molecule has 0 spiro atoms. The number of rotatable bonds is 48. The second-order valence-electron chi connectivity index (χ2n) is 19.4. The Hall–Kier alpha value is -2.03. The van der Waals surface area contributed by atoms with Crippen LogP contribution in [0.1, 0.15) is 239 Å². The summed E-state index contributed by atoms with van der Waals surface area (Å²) < 4.78 is 30.1. The topological polar surface area (TPSA) is 114 Å². The molecule has 0 aliphatic carbocycles. The molecule has 0 saturated carbocycles. The first-order valence-electron chi connectivity index (χ1n) is 26.9. The molecule has 0 heterocycles. The highest BCUT2D eigenvalue weighted by Crippen LogP contribution is 2.38. The van der Waals surface area contributed by atoms with Gasteiger partial charge >= 0.3 is 5.97 Å². The number of hydrogen-bond acceptors (Lipinski definition) is 7. The molecule has 0 aromatic carbocycles. The molecule has 1 amide bonds. The van der Waals surface area contributed by atoms with Crippen LogP contribution in [0.5, 0.6) is 0 Å². The van der Waals surface area contributed by atoms with E-state index in [4.69, 9.17) is 13.8 Å². The van der Waals surface area contributed by atoms with Gasteiger partial charge in [-0.15, -0.1) is 0 Å². The number of phosphoric acid groups is 1. The fourth-order valence-corrected chi connectivity index (χ4v) is 8.23. The molecule has 1 N–H and O–H groups in total. The van der Waals surface area contributed by atoms with Gasteiger partial charge in [0.2, 0.25) is 5.91 Å². The zero-order valence-electron chi connectivity index (χ0n) is 43.2. The van der Waals surface area contributed by atoms with Crippen LogP contribution >= 0.6 is 7.82 Å². The average molecular weight is 935 g/mol. The second kappa shape index (κ2) is 45.7. The Morgan fingerprint density at radius 3 is 1.45 bits per heavy atom. The van der Waals surface area contributed by atoms with Crippen LogP contribution in [0.25, 0.3) is 0 Å². The summed E-state index contributed by atoms with van der Waals surface area (Å²) in [6, 6.07) is -0.909. The fraction of sp³-hybridized carbons (Fsp3) is 0.818. The lowest BCUT2D eigenvalue weighted by Crippen LogP contribution is -2.47. The van der Waals surface area contributed by atoms with Crippen molar-refractivity contribution in [1.82, 2.24) is 5.32 Å². The molecule has 0 aliphatic rings. The van der Waals surface area contributed by atoms with E-state index in [2.05, 4.69) is 56.5 Å². The first-order chi connectivity index (χ1) is 31.4. The number of nitrogens with one attached hydrogen (secondary N) is 1. The molecule has 0 fully saturated rings. The summed E-state index contributed by atoms with van der Waals surface area (Å²) in [5, 5.41) is 2.99. The largest absolute Gasteiger partial charge is 0.756 e. The van der Waals surface area contributed by atoms with Gasteiger partial charge in [-0.3, -0.25) is 14.2 Å². The van der Waals surface area contributed by atoms with E-state index >= 15 is 0 Å². The minimum Gasteiger partial charge on any atom is -0.756 e. The van der Waals surface area contributed by atoms with Crippen molar-refractivity contribution in [3.05, 3.63) is 48.6 Å². The van der Waals surface area contributed by atoms with Crippen LogP contribution < -0.4 is 10.2 Å². The molecule has 65 heavy (non-hydrogen) atoms. The van der Waals surface area contributed by atoms with Gasteiger partial charge in [0.1, 0.15) is 19.3 Å². The molecular formula is C55H103N2O7P. The van der Waals surface area contributed by atoms with E-state index < -0.39 is 32.5 Å².